The van der Waals surface area contributed by atoms with E-state index in [-0.39, 0.29) is 0 Å². The summed E-state index contributed by atoms with van der Waals surface area (Å²) < 4.78 is 0.473. The predicted molar refractivity (Wildman–Crippen MR) is 67.6 cm³/mol. The van der Waals surface area contributed by atoms with Gasteiger partial charge in [0.2, 0.25) is 0 Å². The minimum absolute atomic E-state index is 0.473. The van der Waals surface area contributed by atoms with E-state index in [1.807, 2.05) is 0 Å². The molecule has 1 heterocycles. The number of likely N-dealkylation sites (tertiary alicyclic amines) is 1. The Labute approximate surface area is 96.4 Å². The normalized spacial score (nSPS) is 22.2. The number of alkyl halides is 1. The van der Waals surface area contributed by atoms with Gasteiger partial charge in [0, 0.05) is 3.42 Å². The average molecular weight is 295 g/mol. The van der Waals surface area contributed by atoms with Crippen molar-refractivity contribution in [2.75, 3.05) is 19.6 Å². The Balaban J connectivity index is 2.16. The van der Waals surface area contributed by atoms with Crippen molar-refractivity contribution in [1.82, 2.24) is 4.90 Å². The second-order valence-electron chi connectivity index (χ2n) is 4.99. The van der Waals surface area contributed by atoms with E-state index in [0.717, 1.165) is 5.92 Å². The van der Waals surface area contributed by atoms with Gasteiger partial charge in [-0.2, -0.15) is 0 Å². The van der Waals surface area contributed by atoms with Crippen molar-refractivity contribution in [3.8, 4) is 0 Å². The first-order valence-electron chi connectivity index (χ1n) is 5.39. The molecule has 0 N–H and O–H groups in total. The highest BCUT2D eigenvalue weighted by molar-refractivity contribution is 14.1. The first kappa shape index (κ1) is 11.8. The number of rotatable bonds is 3. The number of halogens is 1. The van der Waals surface area contributed by atoms with E-state index in [9.17, 15) is 0 Å². The summed E-state index contributed by atoms with van der Waals surface area (Å²) in [5, 5.41) is 0. The van der Waals surface area contributed by atoms with Crippen molar-refractivity contribution in [1.29, 1.82) is 0 Å². The summed E-state index contributed by atoms with van der Waals surface area (Å²) in [4.78, 5) is 2.63. The second kappa shape index (κ2) is 4.96. The van der Waals surface area contributed by atoms with Crippen molar-refractivity contribution in [3.05, 3.63) is 0 Å². The standard InChI is InChI=1S/C11H22IN/c1-10-4-7-13(8-5-10)9-6-11(2,3)12/h10H,4-9H2,1-3H3. The van der Waals surface area contributed by atoms with E-state index in [2.05, 4.69) is 48.3 Å². The van der Waals surface area contributed by atoms with E-state index < -0.39 is 0 Å². The van der Waals surface area contributed by atoms with E-state index in [0.29, 0.717) is 3.42 Å². The van der Waals surface area contributed by atoms with Crippen LogP contribution in [0.3, 0.4) is 0 Å². The summed E-state index contributed by atoms with van der Waals surface area (Å²) in [5.41, 5.74) is 0. The lowest BCUT2D eigenvalue weighted by Crippen LogP contribution is -2.35. The molecule has 1 aliphatic heterocycles. The van der Waals surface area contributed by atoms with Crippen molar-refractivity contribution in [2.24, 2.45) is 5.92 Å². The molecular weight excluding hydrogens is 273 g/mol. The molecule has 0 atom stereocenters. The van der Waals surface area contributed by atoms with Crippen LogP contribution in [0.2, 0.25) is 0 Å². The van der Waals surface area contributed by atoms with Crippen LogP contribution in [0, 0.1) is 5.92 Å². The zero-order valence-electron chi connectivity index (χ0n) is 9.15. The van der Waals surface area contributed by atoms with Gasteiger partial charge in [0.15, 0.2) is 0 Å². The number of piperidine rings is 1. The summed E-state index contributed by atoms with van der Waals surface area (Å²) >= 11 is 2.55. The summed E-state index contributed by atoms with van der Waals surface area (Å²) in [6, 6.07) is 0. The molecule has 1 rings (SSSR count). The van der Waals surface area contributed by atoms with Gasteiger partial charge in [0.05, 0.1) is 0 Å². The molecule has 0 aromatic carbocycles. The van der Waals surface area contributed by atoms with Crippen LogP contribution in [0.5, 0.6) is 0 Å². The molecule has 1 fully saturated rings. The SMILES string of the molecule is CC1CCN(CCC(C)(C)I)CC1. The maximum Gasteiger partial charge on any atom is 0.0178 e. The van der Waals surface area contributed by atoms with E-state index in [1.54, 1.807) is 0 Å². The first-order chi connectivity index (χ1) is 5.97. The van der Waals surface area contributed by atoms with Gasteiger partial charge < -0.3 is 4.90 Å². The third kappa shape index (κ3) is 5.21. The summed E-state index contributed by atoms with van der Waals surface area (Å²) in [7, 11) is 0. The molecule has 78 valence electrons. The van der Waals surface area contributed by atoms with Crippen LogP contribution in [0.4, 0.5) is 0 Å². The molecule has 1 saturated heterocycles. The molecule has 0 radical (unpaired) electrons. The van der Waals surface area contributed by atoms with Crippen LogP contribution >= 0.6 is 22.6 Å². The molecular formula is C11H22IN. The highest BCUT2D eigenvalue weighted by atomic mass is 127. The Kier molecular flexibility index (Phi) is 4.49. The first-order valence-corrected chi connectivity index (χ1v) is 6.46. The van der Waals surface area contributed by atoms with Gasteiger partial charge in [0.25, 0.3) is 0 Å². The third-order valence-corrected chi connectivity index (χ3v) is 3.44. The van der Waals surface area contributed by atoms with Crippen LogP contribution in [-0.2, 0) is 0 Å². The Morgan fingerprint density at radius 2 is 1.85 bits per heavy atom. The van der Waals surface area contributed by atoms with Gasteiger partial charge in [-0.1, -0.05) is 43.4 Å². The number of hydrogen-bond acceptors (Lipinski definition) is 1. The molecule has 1 nitrogen and oxygen atoms in total. The minimum Gasteiger partial charge on any atom is -0.303 e. The number of nitrogens with zero attached hydrogens (tertiary/aromatic N) is 1. The highest BCUT2D eigenvalue weighted by Crippen LogP contribution is 2.23. The quantitative estimate of drug-likeness (QED) is 0.570. The maximum absolute atomic E-state index is 2.63. The molecule has 0 amide bonds. The lowest BCUT2D eigenvalue weighted by atomic mass is 9.98. The zero-order chi connectivity index (χ0) is 9.90. The maximum atomic E-state index is 2.63. The molecule has 1 aliphatic rings. The monoisotopic (exact) mass is 295 g/mol. The van der Waals surface area contributed by atoms with Crippen LogP contribution in [-0.4, -0.2) is 28.0 Å². The van der Waals surface area contributed by atoms with Gasteiger partial charge in [-0.15, -0.1) is 0 Å². The molecule has 0 unspecified atom stereocenters. The van der Waals surface area contributed by atoms with Crippen LogP contribution in [0.25, 0.3) is 0 Å². The van der Waals surface area contributed by atoms with Crippen LogP contribution in [0.1, 0.15) is 40.0 Å². The predicted octanol–water partition coefficient (Wildman–Crippen LogP) is 3.32. The molecule has 0 bridgehead atoms. The molecule has 0 aromatic heterocycles. The topological polar surface area (TPSA) is 3.24 Å². The largest absolute Gasteiger partial charge is 0.303 e. The molecule has 0 aliphatic carbocycles. The fourth-order valence-corrected chi connectivity index (χ4v) is 1.95. The van der Waals surface area contributed by atoms with Gasteiger partial charge >= 0.3 is 0 Å². The van der Waals surface area contributed by atoms with Crippen molar-refractivity contribution < 1.29 is 0 Å². The van der Waals surface area contributed by atoms with E-state index in [4.69, 9.17) is 0 Å². The van der Waals surface area contributed by atoms with Crippen LogP contribution in [0.15, 0.2) is 0 Å². The van der Waals surface area contributed by atoms with E-state index in [1.165, 1.54) is 38.9 Å². The molecule has 0 saturated carbocycles. The summed E-state index contributed by atoms with van der Waals surface area (Å²) in [6.45, 7) is 11.0. The smallest absolute Gasteiger partial charge is 0.0178 e. The lowest BCUT2D eigenvalue weighted by Gasteiger charge is -2.31. The van der Waals surface area contributed by atoms with Crippen molar-refractivity contribution >= 4 is 22.6 Å². The average Bonchev–Trinajstić information content (AvgIpc) is 2.02. The molecule has 13 heavy (non-hydrogen) atoms. The van der Waals surface area contributed by atoms with Crippen LogP contribution < -0.4 is 0 Å². The van der Waals surface area contributed by atoms with Crippen molar-refractivity contribution in [3.63, 3.8) is 0 Å². The second-order valence-corrected chi connectivity index (χ2v) is 7.91. The van der Waals surface area contributed by atoms with Crippen molar-refractivity contribution in [2.45, 2.75) is 43.5 Å². The molecule has 2 heteroatoms. The highest BCUT2D eigenvalue weighted by Gasteiger charge is 2.18. The van der Waals surface area contributed by atoms with Gasteiger partial charge in [-0.05, 0) is 44.8 Å². The molecule has 0 aromatic rings. The van der Waals surface area contributed by atoms with Gasteiger partial charge in [0.1, 0.15) is 0 Å². The fraction of sp³-hybridized carbons (Fsp3) is 1.00. The van der Waals surface area contributed by atoms with Gasteiger partial charge in [-0.25, -0.2) is 0 Å². The number of hydrogen-bond donors (Lipinski definition) is 0. The minimum atomic E-state index is 0.473. The van der Waals surface area contributed by atoms with E-state index >= 15 is 0 Å². The summed E-state index contributed by atoms with van der Waals surface area (Å²) in [5.74, 6) is 0.962. The lowest BCUT2D eigenvalue weighted by molar-refractivity contribution is 0.187. The summed E-state index contributed by atoms with van der Waals surface area (Å²) in [6.07, 6.45) is 4.13. The Morgan fingerprint density at radius 3 is 2.31 bits per heavy atom. The fourth-order valence-electron chi connectivity index (χ4n) is 1.71. The Bertz CT molecular complexity index is 143. The molecule has 0 spiro atoms. The van der Waals surface area contributed by atoms with Gasteiger partial charge in [-0.3, -0.25) is 0 Å². The Morgan fingerprint density at radius 1 is 1.31 bits per heavy atom. The Hall–Kier alpha value is 0.690. The zero-order valence-corrected chi connectivity index (χ0v) is 11.3. The third-order valence-electron chi connectivity index (χ3n) is 2.90.